The molecule has 0 spiro atoms. The fourth-order valence-electron chi connectivity index (χ4n) is 2.15. The Morgan fingerprint density at radius 1 is 1.22 bits per heavy atom. The summed E-state index contributed by atoms with van der Waals surface area (Å²) in [5.74, 6) is 0.330. The molecule has 0 fully saturated rings. The van der Waals surface area contributed by atoms with E-state index in [1.54, 1.807) is 35.6 Å². The number of thioether (sulfide) groups is 1. The van der Waals surface area contributed by atoms with Crippen molar-refractivity contribution in [2.75, 3.05) is 17.6 Å². The molecule has 148 valence electrons. The highest BCUT2D eigenvalue weighted by molar-refractivity contribution is 8.01. The van der Waals surface area contributed by atoms with Crippen LogP contribution in [0, 0.1) is 5.92 Å². The number of amides is 2. The van der Waals surface area contributed by atoms with Gasteiger partial charge in [-0.1, -0.05) is 19.9 Å². The van der Waals surface area contributed by atoms with Crippen molar-refractivity contribution in [2.45, 2.75) is 30.5 Å². The van der Waals surface area contributed by atoms with Crippen molar-refractivity contribution < 1.29 is 9.59 Å². The van der Waals surface area contributed by atoms with Crippen LogP contribution in [0.15, 0.2) is 46.0 Å². The van der Waals surface area contributed by atoms with Gasteiger partial charge in [0, 0.05) is 17.8 Å². The molecule has 2 aromatic rings. The van der Waals surface area contributed by atoms with E-state index in [9.17, 15) is 9.59 Å². The normalized spacial score (nSPS) is 12.8. The van der Waals surface area contributed by atoms with Gasteiger partial charge >= 0.3 is 0 Å². The Labute approximate surface area is 174 Å². The van der Waals surface area contributed by atoms with E-state index < -0.39 is 5.54 Å². The first kappa shape index (κ1) is 23.5. The van der Waals surface area contributed by atoms with Crippen LogP contribution < -0.4 is 16.4 Å². The van der Waals surface area contributed by atoms with Crippen molar-refractivity contribution in [3.8, 4) is 0 Å². The van der Waals surface area contributed by atoms with Crippen molar-refractivity contribution in [2.24, 2.45) is 11.7 Å². The zero-order chi connectivity index (χ0) is 19.2. The molecular weight excluding hydrogens is 402 g/mol. The number of hydrogen-bond acceptors (Lipinski definition) is 5. The van der Waals surface area contributed by atoms with Gasteiger partial charge < -0.3 is 16.4 Å². The summed E-state index contributed by atoms with van der Waals surface area (Å²) in [5.41, 5.74) is 6.57. The van der Waals surface area contributed by atoms with Crippen LogP contribution in [-0.2, 0) is 4.79 Å². The Hall–Kier alpha value is -1.54. The van der Waals surface area contributed by atoms with E-state index in [0.29, 0.717) is 23.5 Å². The summed E-state index contributed by atoms with van der Waals surface area (Å²) in [5, 5.41) is 7.83. The van der Waals surface area contributed by atoms with Crippen LogP contribution in [-0.4, -0.2) is 29.7 Å². The molecule has 8 heteroatoms. The van der Waals surface area contributed by atoms with Crippen molar-refractivity contribution in [1.29, 1.82) is 0 Å². The van der Waals surface area contributed by atoms with Gasteiger partial charge in [0.25, 0.3) is 5.91 Å². The molecule has 0 aliphatic heterocycles. The first-order valence-corrected chi connectivity index (χ1v) is 10.3. The number of rotatable bonds is 8. The van der Waals surface area contributed by atoms with Crippen molar-refractivity contribution in [3.63, 3.8) is 0 Å². The average Bonchev–Trinajstić information content (AvgIpc) is 3.13. The zero-order valence-corrected chi connectivity index (χ0v) is 18.1. The molecule has 0 aliphatic carbocycles. The maximum Gasteiger partial charge on any atom is 0.251 e. The molecule has 1 heterocycles. The number of nitrogens with two attached hydrogens (primary N) is 1. The summed E-state index contributed by atoms with van der Waals surface area (Å²) in [6, 6.07) is 10.8. The first-order chi connectivity index (χ1) is 12.3. The van der Waals surface area contributed by atoms with Gasteiger partial charge in [-0.05, 0) is 48.6 Å². The topological polar surface area (TPSA) is 84.2 Å². The third-order valence-corrected chi connectivity index (χ3v) is 6.50. The summed E-state index contributed by atoms with van der Waals surface area (Å²) in [7, 11) is 0. The molecule has 2 rings (SSSR count). The molecule has 0 aliphatic rings. The lowest BCUT2D eigenvalue weighted by molar-refractivity contribution is -0.113. The van der Waals surface area contributed by atoms with Crippen LogP contribution in [0.4, 0.5) is 5.69 Å². The van der Waals surface area contributed by atoms with Crippen molar-refractivity contribution in [3.05, 3.63) is 47.3 Å². The van der Waals surface area contributed by atoms with Gasteiger partial charge in [-0.2, -0.15) is 0 Å². The lowest BCUT2D eigenvalue weighted by Gasteiger charge is -2.33. The molecule has 1 aromatic carbocycles. The second-order valence-corrected chi connectivity index (χ2v) is 8.80. The Morgan fingerprint density at radius 3 is 2.41 bits per heavy atom. The van der Waals surface area contributed by atoms with Gasteiger partial charge in [0.1, 0.15) is 0 Å². The minimum atomic E-state index is -0.455. The van der Waals surface area contributed by atoms with Crippen molar-refractivity contribution >= 4 is 53.0 Å². The molecule has 1 atom stereocenters. The lowest BCUT2D eigenvalue weighted by atomic mass is 9.88. The van der Waals surface area contributed by atoms with Crippen LogP contribution in [0.3, 0.4) is 0 Å². The minimum Gasteiger partial charge on any atom is -0.345 e. The van der Waals surface area contributed by atoms with E-state index in [0.717, 1.165) is 4.21 Å². The van der Waals surface area contributed by atoms with E-state index in [1.165, 1.54) is 11.8 Å². The van der Waals surface area contributed by atoms with Crippen LogP contribution in [0.2, 0.25) is 0 Å². The number of carbonyl (C=O) groups is 2. The Balaban J connectivity index is 0.00000364. The van der Waals surface area contributed by atoms with Crippen LogP contribution in [0.25, 0.3) is 0 Å². The number of halogens is 1. The van der Waals surface area contributed by atoms with Gasteiger partial charge in [-0.25, -0.2) is 0 Å². The quantitative estimate of drug-likeness (QED) is 0.556. The van der Waals surface area contributed by atoms with E-state index in [-0.39, 0.29) is 30.1 Å². The maximum atomic E-state index is 12.4. The Kier molecular flexibility index (Phi) is 9.32. The summed E-state index contributed by atoms with van der Waals surface area (Å²) < 4.78 is 1.11. The second-order valence-electron chi connectivity index (χ2n) is 6.58. The maximum absolute atomic E-state index is 12.4. The molecule has 2 amide bonds. The highest BCUT2D eigenvalue weighted by atomic mass is 35.5. The van der Waals surface area contributed by atoms with E-state index in [2.05, 4.69) is 10.6 Å². The second kappa shape index (κ2) is 10.7. The fraction of sp³-hybridized carbons (Fsp3) is 0.368. The number of hydrogen-bond donors (Lipinski definition) is 3. The minimum absolute atomic E-state index is 0. The molecule has 1 unspecified atom stereocenters. The molecule has 0 saturated carbocycles. The van der Waals surface area contributed by atoms with Crippen LogP contribution >= 0.6 is 35.5 Å². The predicted octanol–water partition coefficient (Wildman–Crippen LogP) is 4.00. The molecule has 4 N–H and O–H groups in total. The van der Waals surface area contributed by atoms with Gasteiger partial charge in [0.2, 0.25) is 5.91 Å². The monoisotopic (exact) mass is 427 g/mol. The summed E-state index contributed by atoms with van der Waals surface area (Å²) in [4.78, 5) is 24.4. The smallest absolute Gasteiger partial charge is 0.251 e. The summed E-state index contributed by atoms with van der Waals surface area (Å²) in [6.07, 6.45) is 0. The SMILES string of the molecule is CC(C)C(C)(CN)NC(=O)c1ccc(NC(=O)CSc2cccs2)cc1.Cl. The molecule has 0 saturated heterocycles. The molecular formula is C19H26ClN3O2S2. The highest BCUT2D eigenvalue weighted by Gasteiger charge is 2.28. The molecule has 5 nitrogen and oxygen atoms in total. The van der Waals surface area contributed by atoms with Crippen molar-refractivity contribution in [1.82, 2.24) is 5.32 Å². The third kappa shape index (κ3) is 6.84. The highest BCUT2D eigenvalue weighted by Crippen LogP contribution is 2.23. The van der Waals surface area contributed by atoms with Gasteiger partial charge in [-0.3, -0.25) is 9.59 Å². The number of carbonyl (C=O) groups excluding carboxylic acids is 2. The van der Waals surface area contributed by atoms with Gasteiger partial charge in [0.15, 0.2) is 0 Å². The number of anilines is 1. The molecule has 27 heavy (non-hydrogen) atoms. The molecule has 1 aromatic heterocycles. The number of thiophene rings is 1. The molecule has 0 radical (unpaired) electrons. The molecule has 0 bridgehead atoms. The lowest BCUT2D eigenvalue weighted by Crippen LogP contribution is -2.55. The van der Waals surface area contributed by atoms with Gasteiger partial charge in [-0.15, -0.1) is 35.5 Å². The number of nitrogens with one attached hydrogen (secondary N) is 2. The Morgan fingerprint density at radius 2 is 1.89 bits per heavy atom. The number of benzene rings is 1. The Bertz CT molecular complexity index is 736. The van der Waals surface area contributed by atoms with E-state index >= 15 is 0 Å². The largest absolute Gasteiger partial charge is 0.345 e. The van der Waals surface area contributed by atoms with E-state index in [1.807, 2.05) is 38.3 Å². The summed E-state index contributed by atoms with van der Waals surface area (Å²) in [6.45, 7) is 6.36. The standard InChI is InChI=1S/C19H25N3O2S2.ClH/c1-13(2)19(3,12-20)22-18(24)14-6-8-15(9-7-14)21-16(23)11-26-17-5-4-10-25-17;/h4-10,13H,11-12,20H2,1-3H3,(H,21,23)(H,22,24);1H. The third-order valence-electron chi connectivity index (χ3n) is 4.37. The zero-order valence-electron chi connectivity index (χ0n) is 15.7. The summed E-state index contributed by atoms with van der Waals surface area (Å²) >= 11 is 3.12. The fourth-order valence-corrected chi connectivity index (χ4v) is 3.73. The predicted molar refractivity (Wildman–Crippen MR) is 117 cm³/mol. The first-order valence-electron chi connectivity index (χ1n) is 8.43. The van der Waals surface area contributed by atoms with Crippen LogP contribution in [0.5, 0.6) is 0 Å². The van der Waals surface area contributed by atoms with E-state index in [4.69, 9.17) is 5.73 Å². The van der Waals surface area contributed by atoms with Gasteiger partial charge in [0.05, 0.1) is 15.5 Å². The average molecular weight is 428 g/mol. The van der Waals surface area contributed by atoms with Crippen LogP contribution in [0.1, 0.15) is 31.1 Å².